The first kappa shape index (κ1) is 20.5. The van der Waals surface area contributed by atoms with Crippen molar-refractivity contribution in [3.05, 3.63) is 102 Å². The molecule has 0 radical (unpaired) electrons. The van der Waals surface area contributed by atoms with Gasteiger partial charge < -0.3 is 9.40 Å². The molecule has 0 aliphatic rings. The highest BCUT2D eigenvalue weighted by Crippen LogP contribution is 2.35. The van der Waals surface area contributed by atoms with Crippen LogP contribution >= 0.6 is 0 Å². The van der Waals surface area contributed by atoms with Crippen molar-refractivity contribution in [2.24, 2.45) is 0 Å². The highest BCUT2D eigenvalue weighted by molar-refractivity contribution is 5.77. The second-order valence-electron chi connectivity index (χ2n) is 7.15. The number of halogens is 2. The van der Waals surface area contributed by atoms with Crippen LogP contribution in [0.3, 0.4) is 0 Å². The van der Waals surface area contributed by atoms with Crippen LogP contribution in [0.25, 0.3) is 34.7 Å². The first-order chi connectivity index (χ1) is 15.1. The van der Waals surface area contributed by atoms with E-state index in [1.807, 2.05) is 6.20 Å². The van der Waals surface area contributed by atoms with Gasteiger partial charge in [0.05, 0.1) is 5.56 Å². The van der Waals surface area contributed by atoms with Crippen molar-refractivity contribution in [3.63, 3.8) is 0 Å². The van der Waals surface area contributed by atoms with E-state index in [4.69, 9.17) is 4.42 Å². The van der Waals surface area contributed by atoms with Gasteiger partial charge in [0.15, 0.2) is 11.7 Å². The van der Waals surface area contributed by atoms with Gasteiger partial charge in [-0.2, -0.15) is 0 Å². The number of aryl methyl sites for hydroxylation is 2. The van der Waals surface area contributed by atoms with E-state index in [2.05, 4.69) is 23.1 Å². The van der Waals surface area contributed by atoms with Gasteiger partial charge in [0.25, 0.3) is 0 Å². The molecular weight excluding hydrogens is 394 g/mol. The van der Waals surface area contributed by atoms with Crippen molar-refractivity contribution >= 4 is 12.2 Å². The SMILES string of the molecule is C=Cc1[nH]cc(CCCc2nc(-c3ccccc3F)c(-c3ccccc3F)o2)c1C=C. The quantitative estimate of drug-likeness (QED) is 0.334. The fourth-order valence-electron chi connectivity index (χ4n) is 3.68. The summed E-state index contributed by atoms with van der Waals surface area (Å²) in [7, 11) is 0. The third-order valence-corrected chi connectivity index (χ3v) is 5.20. The van der Waals surface area contributed by atoms with Crippen molar-refractivity contribution < 1.29 is 13.2 Å². The molecule has 0 spiro atoms. The number of aromatic amines is 1. The summed E-state index contributed by atoms with van der Waals surface area (Å²) >= 11 is 0. The molecule has 2 aromatic carbocycles. The van der Waals surface area contributed by atoms with Crippen LogP contribution in [-0.2, 0) is 12.8 Å². The van der Waals surface area contributed by atoms with Crippen LogP contribution in [0.4, 0.5) is 8.78 Å². The fourth-order valence-corrected chi connectivity index (χ4v) is 3.68. The number of rotatable bonds is 8. The minimum Gasteiger partial charge on any atom is -0.440 e. The Morgan fingerprint density at radius 1 is 0.903 bits per heavy atom. The van der Waals surface area contributed by atoms with E-state index in [0.29, 0.717) is 18.0 Å². The van der Waals surface area contributed by atoms with Crippen LogP contribution in [0.15, 0.2) is 72.3 Å². The molecule has 31 heavy (non-hydrogen) atoms. The van der Waals surface area contributed by atoms with Crippen LogP contribution in [0, 0.1) is 11.6 Å². The number of H-pyrrole nitrogens is 1. The zero-order chi connectivity index (χ0) is 21.8. The van der Waals surface area contributed by atoms with Crippen molar-refractivity contribution in [1.29, 1.82) is 0 Å². The Balaban J connectivity index is 1.64. The largest absolute Gasteiger partial charge is 0.440 e. The molecule has 1 N–H and O–H groups in total. The lowest BCUT2D eigenvalue weighted by atomic mass is 10.0. The summed E-state index contributed by atoms with van der Waals surface area (Å²) in [5, 5.41) is 0. The lowest BCUT2D eigenvalue weighted by Gasteiger charge is -2.03. The minimum absolute atomic E-state index is 0.237. The van der Waals surface area contributed by atoms with E-state index < -0.39 is 11.6 Å². The molecule has 4 rings (SSSR count). The Bertz CT molecular complexity index is 1170. The summed E-state index contributed by atoms with van der Waals surface area (Å²) in [6.45, 7) is 7.67. The number of hydrogen-bond acceptors (Lipinski definition) is 2. The van der Waals surface area contributed by atoms with Crippen LogP contribution < -0.4 is 0 Å². The molecule has 0 saturated heterocycles. The van der Waals surface area contributed by atoms with Crippen molar-refractivity contribution in [1.82, 2.24) is 9.97 Å². The molecule has 0 saturated carbocycles. The first-order valence-electron chi connectivity index (χ1n) is 10.1. The normalized spacial score (nSPS) is 10.9. The summed E-state index contributed by atoms with van der Waals surface area (Å²) in [6.07, 6.45) is 7.57. The van der Waals surface area contributed by atoms with E-state index in [9.17, 15) is 8.78 Å². The van der Waals surface area contributed by atoms with E-state index in [0.717, 1.165) is 29.7 Å². The molecule has 0 fully saturated rings. The van der Waals surface area contributed by atoms with Crippen molar-refractivity contribution in [3.8, 4) is 22.6 Å². The lowest BCUT2D eigenvalue weighted by Crippen LogP contribution is -1.92. The Labute approximate surface area is 179 Å². The zero-order valence-electron chi connectivity index (χ0n) is 17.0. The van der Waals surface area contributed by atoms with Gasteiger partial charge >= 0.3 is 0 Å². The maximum absolute atomic E-state index is 14.5. The van der Waals surface area contributed by atoms with Gasteiger partial charge in [-0.05, 0) is 48.7 Å². The fraction of sp³-hybridized carbons (Fsp3) is 0.115. The van der Waals surface area contributed by atoms with Crippen LogP contribution in [0.1, 0.15) is 29.1 Å². The molecule has 0 bridgehead atoms. The molecule has 0 atom stereocenters. The summed E-state index contributed by atoms with van der Waals surface area (Å²) in [6, 6.07) is 12.6. The summed E-state index contributed by atoms with van der Waals surface area (Å²) in [4.78, 5) is 7.72. The number of nitrogens with one attached hydrogen (secondary N) is 1. The van der Waals surface area contributed by atoms with E-state index in [-0.39, 0.29) is 16.9 Å². The summed E-state index contributed by atoms with van der Waals surface area (Å²) in [5.74, 6) is -0.195. The number of benzene rings is 2. The molecule has 0 aliphatic heterocycles. The van der Waals surface area contributed by atoms with Gasteiger partial charge in [0, 0.05) is 29.4 Å². The predicted molar refractivity (Wildman–Crippen MR) is 120 cm³/mol. The lowest BCUT2D eigenvalue weighted by molar-refractivity contribution is 0.494. The average Bonchev–Trinajstić information content (AvgIpc) is 3.38. The van der Waals surface area contributed by atoms with Gasteiger partial charge in [-0.3, -0.25) is 0 Å². The van der Waals surface area contributed by atoms with E-state index in [1.54, 1.807) is 48.6 Å². The molecule has 0 unspecified atom stereocenters. The molecule has 4 aromatic rings. The monoisotopic (exact) mass is 416 g/mol. The first-order valence-corrected chi connectivity index (χ1v) is 10.1. The second kappa shape index (κ2) is 8.96. The summed E-state index contributed by atoms with van der Waals surface area (Å²) < 4.78 is 34.9. The Morgan fingerprint density at radius 2 is 1.58 bits per heavy atom. The maximum Gasteiger partial charge on any atom is 0.195 e. The number of nitrogens with zero attached hydrogens (tertiary/aromatic N) is 1. The highest BCUT2D eigenvalue weighted by atomic mass is 19.1. The Kier molecular flexibility index (Phi) is 5.94. The van der Waals surface area contributed by atoms with Gasteiger partial charge in [-0.1, -0.05) is 43.5 Å². The second-order valence-corrected chi connectivity index (χ2v) is 7.15. The standard InChI is InChI=1S/C26H22F2N2O/c1-3-18-17(16-29-23(18)4-2)10-9-15-24-30-25(19-11-5-7-13-21(19)27)26(31-24)20-12-6-8-14-22(20)28/h3-8,11-14,16,29H,1-2,9-10,15H2. The number of aromatic nitrogens is 2. The summed E-state index contributed by atoms with van der Waals surface area (Å²) in [5.41, 5.74) is 3.94. The van der Waals surface area contributed by atoms with Crippen LogP contribution in [-0.4, -0.2) is 9.97 Å². The van der Waals surface area contributed by atoms with Gasteiger partial charge in [-0.15, -0.1) is 0 Å². The van der Waals surface area contributed by atoms with Crippen LogP contribution in [0.5, 0.6) is 0 Å². The van der Waals surface area contributed by atoms with Crippen LogP contribution in [0.2, 0.25) is 0 Å². The molecule has 5 heteroatoms. The van der Waals surface area contributed by atoms with Crippen molar-refractivity contribution in [2.45, 2.75) is 19.3 Å². The average molecular weight is 416 g/mol. The van der Waals surface area contributed by atoms with E-state index in [1.165, 1.54) is 12.1 Å². The molecule has 3 nitrogen and oxygen atoms in total. The minimum atomic E-state index is -0.442. The zero-order valence-corrected chi connectivity index (χ0v) is 17.0. The number of oxazole rings is 1. The molecule has 156 valence electrons. The third-order valence-electron chi connectivity index (χ3n) is 5.20. The smallest absolute Gasteiger partial charge is 0.195 e. The van der Waals surface area contributed by atoms with Gasteiger partial charge in [0.1, 0.15) is 17.3 Å². The van der Waals surface area contributed by atoms with Gasteiger partial charge in [-0.25, -0.2) is 13.8 Å². The maximum atomic E-state index is 14.5. The van der Waals surface area contributed by atoms with Gasteiger partial charge in [0.2, 0.25) is 0 Å². The molecular formula is C26H22F2N2O. The van der Waals surface area contributed by atoms with Crippen molar-refractivity contribution in [2.75, 3.05) is 0 Å². The van der Waals surface area contributed by atoms with E-state index >= 15 is 0 Å². The molecule has 2 aromatic heterocycles. The Hall–Kier alpha value is -3.73. The third kappa shape index (κ3) is 4.12. The number of hydrogen-bond donors (Lipinski definition) is 1. The molecule has 0 amide bonds. The Morgan fingerprint density at radius 3 is 2.23 bits per heavy atom. The molecule has 2 heterocycles. The molecule has 0 aliphatic carbocycles. The topological polar surface area (TPSA) is 41.8 Å². The highest BCUT2D eigenvalue weighted by Gasteiger charge is 2.21. The predicted octanol–water partition coefficient (Wildman–Crippen LogP) is 7.08.